The SMILES string of the molecule is COc1ccccc1N1C(=O)[C@@H]2[C@@H](C1=O)[C@H](c1ccccc1)C=C[C@@H]2c1ccccc1. The third-order valence-corrected chi connectivity index (χ3v) is 6.39. The number of methoxy groups -OCH3 is 1. The van der Waals surface area contributed by atoms with E-state index >= 15 is 0 Å². The van der Waals surface area contributed by atoms with E-state index in [9.17, 15) is 9.59 Å². The van der Waals surface area contributed by atoms with Crippen LogP contribution in [0.5, 0.6) is 5.75 Å². The van der Waals surface area contributed by atoms with E-state index in [0.29, 0.717) is 11.4 Å². The van der Waals surface area contributed by atoms with Gasteiger partial charge in [0.25, 0.3) is 0 Å². The molecule has 1 aliphatic carbocycles. The zero-order chi connectivity index (χ0) is 21.4. The van der Waals surface area contributed by atoms with E-state index in [2.05, 4.69) is 12.2 Å². The van der Waals surface area contributed by atoms with Gasteiger partial charge in [0.05, 0.1) is 24.6 Å². The molecule has 2 aliphatic rings. The average Bonchev–Trinajstić information content (AvgIpc) is 3.10. The molecule has 0 aromatic heterocycles. The molecule has 4 atom stereocenters. The number of benzene rings is 3. The molecule has 3 aromatic carbocycles. The Morgan fingerprint density at radius 2 is 1.10 bits per heavy atom. The molecule has 31 heavy (non-hydrogen) atoms. The zero-order valence-electron chi connectivity index (χ0n) is 17.2. The van der Waals surface area contributed by atoms with Gasteiger partial charge in [-0.2, -0.15) is 0 Å². The molecule has 1 heterocycles. The number of carbonyl (C=O) groups is 2. The molecular weight excluding hydrogens is 386 g/mol. The Bertz CT molecular complexity index is 1070. The molecule has 1 aliphatic heterocycles. The fraction of sp³-hybridized carbons (Fsp3) is 0.185. The van der Waals surface area contributed by atoms with Crippen molar-refractivity contribution >= 4 is 17.5 Å². The van der Waals surface area contributed by atoms with Gasteiger partial charge in [-0.1, -0.05) is 84.9 Å². The molecule has 4 nitrogen and oxygen atoms in total. The minimum atomic E-state index is -0.463. The Kier molecular flexibility index (Phi) is 4.91. The normalized spacial score (nSPS) is 24.9. The topological polar surface area (TPSA) is 46.6 Å². The second kappa shape index (κ2) is 7.88. The Labute approximate surface area is 181 Å². The van der Waals surface area contributed by atoms with Crippen LogP contribution >= 0.6 is 0 Å². The number of rotatable bonds is 4. The fourth-order valence-corrected chi connectivity index (χ4v) is 4.99. The van der Waals surface area contributed by atoms with E-state index in [1.165, 1.54) is 4.90 Å². The largest absolute Gasteiger partial charge is 0.495 e. The summed E-state index contributed by atoms with van der Waals surface area (Å²) in [5.41, 5.74) is 2.60. The van der Waals surface area contributed by atoms with Crippen LogP contribution in [0.1, 0.15) is 23.0 Å². The van der Waals surface area contributed by atoms with Crippen molar-refractivity contribution in [1.29, 1.82) is 0 Å². The van der Waals surface area contributed by atoms with Gasteiger partial charge in [-0.25, -0.2) is 4.90 Å². The average molecular weight is 409 g/mol. The van der Waals surface area contributed by atoms with Crippen LogP contribution in [0.3, 0.4) is 0 Å². The molecule has 154 valence electrons. The van der Waals surface area contributed by atoms with Gasteiger partial charge in [-0.3, -0.25) is 9.59 Å². The first-order valence-corrected chi connectivity index (χ1v) is 10.5. The van der Waals surface area contributed by atoms with E-state index < -0.39 is 11.8 Å². The van der Waals surface area contributed by atoms with Gasteiger partial charge in [0.2, 0.25) is 11.8 Å². The summed E-state index contributed by atoms with van der Waals surface area (Å²) < 4.78 is 5.47. The van der Waals surface area contributed by atoms with Crippen LogP contribution in [0.25, 0.3) is 0 Å². The van der Waals surface area contributed by atoms with Crippen molar-refractivity contribution in [2.75, 3.05) is 12.0 Å². The number of anilines is 1. The van der Waals surface area contributed by atoms with Crippen LogP contribution in [-0.4, -0.2) is 18.9 Å². The molecule has 3 aromatic rings. The number of fused-ring (bicyclic) bond motifs is 1. The fourth-order valence-electron chi connectivity index (χ4n) is 4.99. The van der Waals surface area contributed by atoms with Gasteiger partial charge < -0.3 is 4.74 Å². The number of para-hydroxylation sites is 2. The third-order valence-electron chi connectivity index (χ3n) is 6.39. The van der Waals surface area contributed by atoms with E-state index in [1.54, 1.807) is 19.2 Å². The highest BCUT2D eigenvalue weighted by Crippen LogP contribution is 2.51. The summed E-state index contributed by atoms with van der Waals surface area (Å²) in [5.74, 6) is -1.05. The first kappa shape index (κ1) is 19.3. The molecule has 1 saturated heterocycles. The first-order chi connectivity index (χ1) is 15.2. The molecule has 1 fully saturated rings. The molecule has 5 rings (SSSR count). The van der Waals surface area contributed by atoms with Gasteiger partial charge in [-0.05, 0) is 23.3 Å². The third kappa shape index (κ3) is 3.15. The number of imide groups is 1. The number of ether oxygens (including phenoxy) is 1. The summed E-state index contributed by atoms with van der Waals surface area (Å²) >= 11 is 0. The second-order valence-electron chi connectivity index (χ2n) is 7.99. The van der Waals surface area contributed by atoms with E-state index in [-0.39, 0.29) is 23.7 Å². The predicted octanol–water partition coefficient (Wildman–Crippen LogP) is 4.94. The number of amides is 2. The maximum absolute atomic E-state index is 13.8. The minimum Gasteiger partial charge on any atom is -0.495 e. The number of carbonyl (C=O) groups excluding carboxylic acids is 2. The molecule has 0 bridgehead atoms. The number of hydrogen-bond donors (Lipinski definition) is 0. The molecular formula is C27H23NO3. The first-order valence-electron chi connectivity index (χ1n) is 10.5. The summed E-state index contributed by atoms with van der Waals surface area (Å²) in [5, 5.41) is 0. The lowest BCUT2D eigenvalue weighted by molar-refractivity contribution is -0.122. The van der Waals surface area contributed by atoms with Crippen molar-refractivity contribution in [2.24, 2.45) is 11.8 Å². The molecule has 0 N–H and O–H groups in total. The van der Waals surface area contributed by atoms with Crippen LogP contribution in [-0.2, 0) is 9.59 Å². The highest BCUT2D eigenvalue weighted by molar-refractivity contribution is 6.23. The second-order valence-corrected chi connectivity index (χ2v) is 7.99. The smallest absolute Gasteiger partial charge is 0.238 e. The van der Waals surface area contributed by atoms with E-state index in [0.717, 1.165) is 11.1 Å². The van der Waals surface area contributed by atoms with E-state index in [1.807, 2.05) is 72.8 Å². The predicted molar refractivity (Wildman–Crippen MR) is 120 cm³/mol. The van der Waals surface area contributed by atoms with Gasteiger partial charge in [0.1, 0.15) is 5.75 Å². The highest BCUT2D eigenvalue weighted by Gasteiger charge is 2.55. The van der Waals surface area contributed by atoms with Crippen molar-refractivity contribution in [3.63, 3.8) is 0 Å². The molecule has 2 amide bonds. The van der Waals surface area contributed by atoms with Gasteiger partial charge >= 0.3 is 0 Å². The standard InChI is InChI=1S/C27H23NO3/c1-31-23-15-9-8-14-22(23)28-26(29)24-20(18-10-4-2-5-11-18)16-17-21(25(24)27(28)30)19-12-6-3-7-13-19/h2-17,20-21,24-25H,1H3/t20-,21+,24-,25-/m0/s1. The molecule has 0 radical (unpaired) electrons. The Balaban J connectivity index is 1.65. The minimum absolute atomic E-state index is 0.151. The summed E-state index contributed by atoms with van der Waals surface area (Å²) in [4.78, 5) is 28.9. The van der Waals surface area contributed by atoms with Crippen molar-refractivity contribution in [2.45, 2.75) is 11.8 Å². The number of nitrogens with zero attached hydrogens (tertiary/aromatic N) is 1. The summed E-state index contributed by atoms with van der Waals surface area (Å²) in [6.07, 6.45) is 4.20. The van der Waals surface area contributed by atoms with E-state index in [4.69, 9.17) is 4.74 Å². The molecule has 4 heteroatoms. The Morgan fingerprint density at radius 1 is 0.645 bits per heavy atom. The van der Waals surface area contributed by atoms with Crippen molar-refractivity contribution in [3.05, 3.63) is 108 Å². The van der Waals surface area contributed by atoms with Crippen LogP contribution < -0.4 is 9.64 Å². The molecule has 0 saturated carbocycles. The quantitative estimate of drug-likeness (QED) is 0.453. The van der Waals surface area contributed by atoms with Gasteiger partial charge in [0.15, 0.2) is 0 Å². The zero-order valence-corrected chi connectivity index (χ0v) is 17.2. The van der Waals surface area contributed by atoms with Crippen LogP contribution in [0.2, 0.25) is 0 Å². The lowest BCUT2D eigenvalue weighted by Crippen LogP contribution is -2.32. The maximum Gasteiger partial charge on any atom is 0.238 e. The monoisotopic (exact) mass is 409 g/mol. The molecule has 0 unspecified atom stereocenters. The van der Waals surface area contributed by atoms with Gasteiger partial charge in [-0.15, -0.1) is 0 Å². The van der Waals surface area contributed by atoms with Crippen LogP contribution in [0, 0.1) is 11.8 Å². The Hall–Kier alpha value is -3.66. The van der Waals surface area contributed by atoms with Crippen molar-refractivity contribution < 1.29 is 14.3 Å². The van der Waals surface area contributed by atoms with Crippen molar-refractivity contribution in [1.82, 2.24) is 0 Å². The maximum atomic E-state index is 13.8. The van der Waals surface area contributed by atoms with Crippen LogP contribution in [0.4, 0.5) is 5.69 Å². The molecule has 0 spiro atoms. The highest BCUT2D eigenvalue weighted by atomic mass is 16.5. The summed E-state index contributed by atoms with van der Waals surface area (Å²) in [6, 6.07) is 27.1. The van der Waals surface area contributed by atoms with Crippen molar-refractivity contribution in [3.8, 4) is 5.75 Å². The van der Waals surface area contributed by atoms with Gasteiger partial charge in [0, 0.05) is 11.8 Å². The van der Waals surface area contributed by atoms with Crippen LogP contribution in [0.15, 0.2) is 97.1 Å². The number of hydrogen-bond acceptors (Lipinski definition) is 3. The summed E-state index contributed by atoms with van der Waals surface area (Å²) in [6.45, 7) is 0. The summed E-state index contributed by atoms with van der Waals surface area (Å²) in [7, 11) is 1.55. The lowest BCUT2D eigenvalue weighted by Gasteiger charge is -2.32. The Morgan fingerprint density at radius 3 is 1.58 bits per heavy atom. The lowest BCUT2D eigenvalue weighted by atomic mass is 9.68. The number of allylic oxidation sites excluding steroid dienone is 2.